The summed E-state index contributed by atoms with van der Waals surface area (Å²) in [4.78, 5) is 0. The van der Waals surface area contributed by atoms with Crippen LogP contribution in [0.15, 0.2) is 35.5 Å². The summed E-state index contributed by atoms with van der Waals surface area (Å²) in [6.07, 6.45) is 36.6. The molecule has 0 aromatic carbocycles. The Balaban J connectivity index is 0.000000118. The first-order valence-corrected chi connectivity index (χ1v) is 15.0. The van der Waals surface area contributed by atoms with Gasteiger partial charge in [-0.15, -0.1) is 0 Å². The summed E-state index contributed by atoms with van der Waals surface area (Å²) in [5.74, 6) is 0. The Kier molecular flexibility index (Phi) is 8.67. The second-order valence-corrected chi connectivity index (χ2v) is 13.0. The molecular weight excluding hydrogens is 396 g/mol. The lowest BCUT2D eigenvalue weighted by molar-refractivity contribution is 0.262. The smallest absolute Gasteiger partial charge is 0.00907 e. The van der Waals surface area contributed by atoms with Gasteiger partial charge in [0.05, 0.1) is 0 Å². The summed E-state index contributed by atoms with van der Waals surface area (Å²) < 4.78 is 0. The third-order valence-corrected chi connectivity index (χ3v) is 10.9. The molecule has 0 N–H and O–H groups in total. The Labute approximate surface area is 206 Å². The third kappa shape index (κ3) is 5.90. The molecule has 0 radical (unpaired) electrons. The summed E-state index contributed by atoms with van der Waals surface area (Å²) >= 11 is 0. The fourth-order valence-electron chi connectivity index (χ4n) is 8.46. The zero-order chi connectivity index (χ0) is 23.2. The largest absolute Gasteiger partial charge is 0.0993 e. The summed E-state index contributed by atoms with van der Waals surface area (Å²) in [5.41, 5.74) is 7.05. The topological polar surface area (TPSA) is 0 Å². The lowest BCUT2D eigenvalue weighted by atomic mass is 9.66. The van der Waals surface area contributed by atoms with Crippen LogP contribution in [-0.4, -0.2) is 0 Å². The second kappa shape index (κ2) is 11.3. The van der Waals surface area contributed by atoms with Gasteiger partial charge in [0.1, 0.15) is 0 Å². The molecule has 0 nitrogen and oxygen atoms in total. The van der Waals surface area contributed by atoms with Crippen molar-refractivity contribution in [3.8, 4) is 0 Å². The Morgan fingerprint density at radius 3 is 1.70 bits per heavy atom. The van der Waals surface area contributed by atoms with E-state index in [1.807, 2.05) is 0 Å². The van der Waals surface area contributed by atoms with Crippen LogP contribution >= 0.6 is 0 Å². The highest BCUT2D eigenvalue weighted by atomic mass is 14.4. The first-order valence-electron chi connectivity index (χ1n) is 15.0. The lowest BCUT2D eigenvalue weighted by Gasteiger charge is -2.39. The van der Waals surface area contributed by atoms with Crippen molar-refractivity contribution in [2.45, 2.75) is 155 Å². The molecule has 1 atom stereocenters. The normalized spacial score (nSPS) is 32.1. The molecule has 0 aromatic rings. The van der Waals surface area contributed by atoms with Crippen LogP contribution in [0.4, 0.5) is 0 Å². The first kappa shape index (κ1) is 25.3. The van der Waals surface area contributed by atoms with Crippen LogP contribution in [0.5, 0.6) is 0 Å². The van der Waals surface area contributed by atoms with Crippen LogP contribution in [-0.2, 0) is 0 Å². The van der Waals surface area contributed by atoms with Gasteiger partial charge >= 0.3 is 0 Å². The van der Waals surface area contributed by atoms with E-state index in [0.29, 0.717) is 16.2 Å². The Bertz CT molecular complexity index is 706. The van der Waals surface area contributed by atoms with Crippen molar-refractivity contribution in [3.05, 3.63) is 35.5 Å². The van der Waals surface area contributed by atoms with Gasteiger partial charge in [-0.05, 0) is 126 Å². The van der Waals surface area contributed by atoms with Gasteiger partial charge in [0.25, 0.3) is 0 Å². The average molecular weight is 451 g/mol. The molecule has 6 aliphatic rings. The van der Waals surface area contributed by atoms with Crippen molar-refractivity contribution in [2.24, 2.45) is 16.2 Å². The highest BCUT2D eigenvalue weighted by Crippen LogP contribution is 2.52. The Morgan fingerprint density at radius 2 is 1.06 bits per heavy atom. The monoisotopic (exact) mass is 450 g/mol. The van der Waals surface area contributed by atoms with E-state index in [0.717, 1.165) is 0 Å². The van der Waals surface area contributed by atoms with Crippen LogP contribution in [0.25, 0.3) is 0 Å². The maximum atomic E-state index is 4.25. The van der Waals surface area contributed by atoms with Gasteiger partial charge in [0.15, 0.2) is 0 Å². The van der Waals surface area contributed by atoms with Crippen molar-refractivity contribution in [2.75, 3.05) is 0 Å². The van der Waals surface area contributed by atoms with Crippen LogP contribution in [0.2, 0.25) is 0 Å². The third-order valence-electron chi connectivity index (χ3n) is 10.9. The summed E-state index contributed by atoms with van der Waals surface area (Å²) in [7, 11) is 0. The number of hydrogen-bond acceptors (Lipinski definition) is 0. The fraction of sp³-hybridized carbons (Fsp3) is 0.818. The number of hydrogen-bond donors (Lipinski definition) is 0. The molecule has 1 unspecified atom stereocenters. The fourth-order valence-corrected chi connectivity index (χ4v) is 8.46. The highest BCUT2D eigenvalue weighted by Gasteiger charge is 2.37. The van der Waals surface area contributed by atoms with Crippen molar-refractivity contribution in [3.63, 3.8) is 0 Å². The molecule has 0 bridgehead atoms. The van der Waals surface area contributed by atoms with Gasteiger partial charge in [-0.1, -0.05) is 80.9 Å². The summed E-state index contributed by atoms with van der Waals surface area (Å²) in [5, 5.41) is 0. The first-order chi connectivity index (χ1) is 16.0. The average Bonchev–Trinajstić information content (AvgIpc) is 3.50. The molecule has 6 aliphatic carbocycles. The van der Waals surface area contributed by atoms with Crippen LogP contribution in [0.1, 0.15) is 155 Å². The van der Waals surface area contributed by atoms with Crippen molar-refractivity contribution in [1.29, 1.82) is 0 Å². The highest BCUT2D eigenvalue weighted by molar-refractivity contribution is 5.18. The van der Waals surface area contributed by atoms with Gasteiger partial charge in [-0.2, -0.15) is 0 Å². The maximum absolute atomic E-state index is 4.25. The molecule has 6 rings (SSSR count). The van der Waals surface area contributed by atoms with E-state index in [4.69, 9.17) is 0 Å². The van der Waals surface area contributed by atoms with Crippen LogP contribution in [0, 0.1) is 16.2 Å². The molecule has 0 heterocycles. The minimum atomic E-state index is 0.635. The molecule has 0 saturated heterocycles. The number of allylic oxidation sites excluding steroid dienone is 5. The molecule has 0 heteroatoms. The summed E-state index contributed by atoms with van der Waals surface area (Å²) in [6.45, 7) is 9.07. The molecular formula is C33H54. The van der Waals surface area contributed by atoms with E-state index in [1.165, 1.54) is 141 Å². The van der Waals surface area contributed by atoms with Gasteiger partial charge in [0.2, 0.25) is 0 Å². The van der Waals surface area contributed by atoms with E-state index >= 15 is 0 Å². The van der Waals surface area contributed by atoms with Crippen molar-refractivity contribution >= 4 is 0 Å². The predicted octanol–water partition coefficient (Wildman–Crippen LogP) is 11.0. The van der Waals surface area contributed by atoms with E-state index < -0.39 is 0 Å². The van der Waals surface area contributed by atoms with Gasteiger partial charge in [-0.3, -0.25) is 0 Å². The van der Waals surface area contributed by atoms with E-state index in [1.54, 1.807) is 16.7 Å². The van der Waals surface area contributed by atoms with Gasteiger partial charge < -0.3 is 0 Å². The molecule has 4 fully saturated rings. The Morgan fingerprint density at radius 1 is 0.576 bits per heavy atom. The van der Waals surface area contributed by atoms with Crippen molar-refractivity contribution in [1.82, 2.24) is 0 Å². The quantitative estimate of drug-likeness (QED) is 0.322. The molecule has 2 spiro atoms. The minimum absolute atomic E-state index is 0.635. The maximum Gasteiger partial charge on any atom is -0.00907 e. The predicted molar refractivity (Wildman–Crippen MR) is 146 cm³/mol. The zero-order valence-corrected chi connectivity index (χ0v) is 22.4. The van der Waals surface area contributed by atoms with Crippen LogP contribution in [0.3, 0.4) is 0 Å². The van der Waals surface area contributed by atoms with Gasteiger partial charge in [0, 0.05) is 0 Å². The van der Waals surface area contributed by atoms with E-state index in [2.05, 4.69) is 32.6 Å². The molecule has 0 aromatic heterocycles. The summed E-state index contributed by atoms with van der Waals surface area (Å²) in [6, 6.07) is 0. The standard InChI is InChI=1S/3C11H18/c1-11-8-4-2-6-10(11)7-3-5-9-11;2*1-10-6-2-3-7-11(10)8-4-5-9-11/h2*6H,2-5,7-9H2,1H3;1-9H2. The molecule has 33 heavy (non-hydrogen) atoms. The van der Waals surface area contributed by atoms with E-state index in [-0.39, 0.29) is 0 Å². The molecule has 186 valence electrons. The molecule has 0 amide bonds. The zero-order valence-electron chi connectivity index (χ0n) is 22.4. The second-order valence-electron chi connectivity index (χ2n) is 13.0. The molecule has 4 saturated carbocycles. The number of rotatable bonds is 0. The molecule has 0 aliphatic heterocycles. The number of fused-ring (bicyclic) bond motifs is 1. The van der Waals surface area contributed by atoms with Crippen LogP contribution < -0.4 is 0 Å². The lowest BCUT2D eigenvalue weighted by Crippen LogP contribution is -2.25. The van der Waals surface area contributed by atoms with Crippen molar-refractivity contribution < 1.29 is 0 Å². The van der Waals surface area contributed by atoms with Gasteiger partial charge in [-0.25, -0.2) is 0 Å². The minimum Gasteiger partial charge on any atom is -0.0993 e. The van der Waals surface area contributed by atoms with E-state index in [9.17, 15) is 0 Å². The Hall–Kier alpha value is -0.780. The SMILES string of the molecule is C=C1CCCCC12CCCC2.CC12CCCC=C1CCCC2.CC1=CCCCC12CCCC2.